The molecule has 74 heavy (non-hydrogen) atoms. The quantitative estimate of drug-likeness (QED) is 0.0913. The summed E-state index contributed by atoms with van der Waals surface area (Å²) in [6.07, 6.45) is 1.70. The Labute approximate surface area is 425 Å². The van der Waals surface area contributed by atoms with E-state index in [2.05, 4.69) is 30.5 Å². The van der Waals surface area contributed by atoms with Gasteiger partial charge in [-0.25, -0.2) is 55.3 Å². The largest absolute Gasteiger partial charge is 0.345 e. The van der Waals surface area contributed by atoms with Crippen LogP contribution < -0.4 is 25.3 Å². The molecule has 0 atom stereocenters. The number of sulfone groups is 1. The fourth-order valence-corrected chi connectivity index (χ4v) is 8.66. The summed E-state index contributed by atoms with van der Waals surface area (Å²) in [6.45, 7) is 4.99. The molecule has 6 aromatic rings. The maximum Gasteiger partial charge on any atom is 0.328 e. The Morgan fingerprint density at radius 2 is 1.03 bits per heavy atom. The highest BCUT2D eigenvalue weighted by molar-refractivity contribution is 7.90. The Morgan fingerprint density at radius 1 is 0.608 bits per heavy atom. The molecule has 23 heteroatoms. The van der Waals surface area contributed by atoms with Crippen LogP contribution in [0.4, 0.5) is 56.1 Å². The lowest BCUT2D eigenvalue weighted by molar-refractivity contribution is 0.0820. The fraction of sp³-hybridized carbons (Fsp3) is 0.294. The van der Waals surface area contributed by atoms with Gasteiger partial charge < -0.3 is 30.2 Å². The molecule has 2 N–H and O–H groups in total. The van der Waals surface area contributed by atoms with Gasteiger partial charge in [0.15, 0.2) is 11.6 Å². The lowest BCUT2D eigenvalue weighted by atomic mass is 9.97. The summed E-state index contributed by atoms with van der Waals surface area (Å²) >= 11 is 0. The van der Waals surface area contributed by atoms with E-state index in [-0.39, 0.29) is 47.8 Å². The van der Waals surface area contributed by atoms with E-state index in [1.54, 1.807) is 65.4 Å². The Kier molecular flexibility index (Phi) is 15.7. The summed E-state index contributed by atoms with van der Waals surface area (Å²) in [7, 11) is 8.32. The number of carbonyl (C=O) groups excluding carboxylic acids is 4. The Bertz CT molecular complexity index is 3300. The smallest absolute Gasteiger partial charge is 0.328 e. The molecule has 2 aromatic heterocycles. The van der Waals surface area contributed by atoms with E-state index in [1.165, 1.54) is 15.9 Å². The summed E-state index contributed by atoms with van der Waals surface area (Å²) in [5.41, 5.74) is 3.43. The van der Waals surface area contributed by atoms with Gasteiger partial charge in [-0.15, -0.1) is 0 Å². The molecular weight excluding hydrogens is 985 g/mol. The molecule has 0 unspecified atom stereocenters. The normalized spacial score (nSPS) is 13.1. The predicted molar refractivity (Wildman–Crippen MR) is 271 cm³/mol. The van der Waals surface area contributed by atoms with E-state index < -0.39 is 61.7 Å². The number of rotatable bonds is 12. The van der Waals surface area contributed by atoms with Crippen molar-refractivity contribution in [3.8, 4) is 22.5 Å². The van der Waals surface area contributed by atoms with Crippen molar-refractivity contribution in [2.45, 2.75) is 38.5 Å². The van der Waals surface area contributed by atoms with Gasteiger partial charge in [0.05, 0.1) is 24.5 Å². The van der Waals surface area contributed by atoms with E-state index in [4.69, 9.17) is 4.98 Å². The number of aryl methyl sites for hydroxylation is 2. The molecule has 0 saturated heterocycles. The number of nitrogens with zero attached hydrogens (tertiary/aromatic N) is 10. The number of para-hydroxylation sites is 2. The highest BCUT2D eigenvalue weighted by Crippen LogP contribution is 2.41. The summed E-state index contributed by atoms with van der Waals surface area (Å²) in [5.74, 6) is -4.22. The summed E-state index contributed by atoms with van der Waals surface area (Å²) in [4.78, 5) is 77.3. The standard InChI is InChI=1S/C28H33F2N7O2.C23H21F2N5O4S/c1-17-11-12-18(26(38)35(4)5)15-19(17)23-20-16-31-28(39)37(24-21(29)9-7-10-22(24)30)25(20)33-27(32-23)36(6)14-8-13-34(2)3;1-12-8-9-13(21(31)29(2)3)10-14(12)18-15-11-26-23(32)30(19-16(24)6-5-7-17(19)25)20(15)28-22(27-18)35(4,33)34/h7,9-12,15H,8,13-14,16H2,1-6H3,(H,31,39);5-10H,11H2,1-4H3,(H,26,32). The number of anilines is 5. The minimum absolute atomic E-state index is 0.0476. The third-order valence-electron chi connectivity index (χ3n) is 12.0. The second-order valence-corrected chi connectivity index (χ2v) is 20.2. The molecule has 388 valence electrons. The highest BCUT2D eigenvalue weighted by atomic mass is 32.2. The summed E-state index contributed by atoms with van der Waals surface area (Å²) in [5, 5.41) is 4.60. The zero-order valence-electron chi connectivity index (χ0n) is 42.3. The second-order valence-electron chi connectivity index (χ2n) is 18.3. The molecule has 0 radical (unpaired) electrons. The van der Waals surface area contributed by atoms with Gasteiger partial charge in [0, 0.05) is 81.4 Å². The monoisotopic (exact) mass is 1040 g/mol. The van der Waals surface area contributed by atoms with Gasteiger partial charge in [-0.3, -0.25) is 9.59 Å². The number of nitrogens with one attached hydrogen (secondary N) is 2. The van der Waals surface area contributed by atoms with Crippen molar-refractivity contribution in [1.82, 2.24) is 45.3 Å². The number of carbonyl (C=O) groups is 4. The average molecular weight is 1040 g/mol. The maximum atomic E-state index is 14.9. The molecule has 6 amide bonds. The minimum Gasteiger partial charge on any atom is -0.345 e. The van der Waals surface area contributed by atoms with Crippen LogP contribution in [0.5, 0.6) is 0 Å². The van der Waals surface area contributed by atoms with Gasteiger partial charge in [0.1, 0.15) is 34.6 Å². The molecule has 0 saturated carbocycles. The van der Waals surface area contributed by atoms with Crippen LogP contribution in [0.15, 0.2) is 78.0 Å². The number of aromatic nitrogens is 4. The van der Waals surface area contributed by atoms with Crippen LogP contribution in [-0.2, 0) is 22.9 Å². The first-order chi connectivity index (χ1) is 34.9. The van der Waals surface area contributed by atoms with E-state index in [0.29, 0.717) is 56.5 Å². The van der Waals surface area contributed by atoms with Crippen molar-refractivity contribution in [2.75, 3.05) is 83.4 Å². The van der Waals surface area contributed by atoms with E-state index in [1.807, 2.05) is 39.0 Å². The third-order valence-corrected chi connectivity index (χ3v) is 12.8. The second kappa shape index (κ2) is 21.6. The van der Waals surface area contributed by atoms with Crippen LogP contribution in [0.1, 0.15) is 49.4 Å². The van der Waals surface area contributed by atoms with E-state index in [0.717, 1.165) is 60.0 Å². The molecule has 0 aliphatic carbocycles. The lowest BCUT2D eigenvalue weighted by Gasteiger charge is -2.32. The molecule has 2 aliphatic heterocycles. The predicted octanol–water partition coefficient (Wildman–Crippen LogP) is 7.38. The molecule has 2 aliphatic rings. The number of halogens is 4. The van der Waals surface area contributed by atoms with E-state index in [9.17, 15) is 45.2 Å². The van der Waals surface area contributed by atoms with Gasteiger partial charge in [-0.05, 0) is 101 Å². The molecule has 0 bridgehead atoms. The van der Waals surface area contributed by atoms with Gasteiger partial charge in [-0.1, -0.05) is 24.3 Å². The first-order valence-electron chi connectivity index (χ1n) is 23.0. The molecule has 0 spiro atoms. The first kappa shape index (κ1) is 53.7. The average Bonchev–Trinajstić information content (AvgIpc) is 3.34. The number of hydrogen-bond donors (Lipinski definition) is 2. The minimum atomic E-state index is -4.01. The molecule has 4 heterocycles. The topological polar surface area (TPSA) is 197 Å². The Hall–Kier alpha value is -8.05. The Balaban J connectivity index is 0.000000217. The maximum absolute atomic E-state index is 14.9. The molecular formula is C51H54F4N12O6S. The van der Waals surface area contributed by atoms with Gasteiger partial charge in [0.25, 0.3) is 11.8 Å². The number of amides is 6. The van der Waals surface area contributed by atoms with Crippen molar-refractivity contribution in [3.05, 3.63) is 129 Å². The SMILES string of the molecule is Cc1ccc(C(=O)N(C)C)cc1-c1nc(N(C)CCCN(C)C)nc2c1CNC(=O)N2c1c(F)cccc1F.Cc1ccc(C(=O)N(C)C)cc1-c1nc(S(C)(=O)=O)nc2c1CNC(=O)N2c1c(F)cccc1F. The number of benzene rings is 4. The molecule has 18 nitrogen and oxygen atoms in total. The molecule has 4 aromatic carbocycles. The summed E-state index contributed by atoms with van der Waals surface area (Å²) in [6, 6.07) is 15.1. The molecule has 0 fully saturated rings. The number of urea groups is 2. The highest BCUT2D eigenvalue weighted by Gasteiger charge is 2.37. The summed E-state index contributed by atoms with van der Waals surface area (Å²) < 4.78 is 84.2. The van der Waals surface area contributed by atoms with Crippen molar-refractivity contribution in [2.24, 2.45) is 0 Å². The van der Waals surface area contributed by atoms with Crippen molar-refractivity contribution in [3.63, 3.8) is 0 Å². The zero-order valence-corrected chi connectivity index (χ0v) is 43.1. The van der Waals surface area contributed by atoms with Gasteiger partial charge in [0.2, 0.25) is 20.9 Å². The first-order valence-corrected chi connectivity index (χ1v) is 24.9. The molecule has 8 rings (SSSR count). The number of fused-ring (bicyclic) bond motifs is 2. The third kappa shape index (κ3) is 11.0. The van der Waals surface area contributed by atoms with Crippen molar-refractivity contribution in [1.29, 1.82) is 0 Å². The van der Waals surface area contributed by atoms with Crippen LogP contribution in [0.25, 0.3) is 22.5 Å². The van der Waals surface area contributed by atoms with Gasteiger partial charge in [-0.2, -0.15) is 9.97 Å². The lowest BCUT2D eigenvalue weighted by Crippen LogP contribution is -2.43. The van der Waals surface area contributed by atoms with Crippen LogP contribution >= 0.6 is 0 Å². The fourth-order valence-electron chi connectivity index (χ4n) is 8.15. The van der Waals surface area contributed by atoms with Crippen LogP contribution in [-0.4, -0.2) is 136 Å². The Morgan fingerprint density at radius 3 is 1.43 bits per heavy atom. The van der Waals surface area contributed by atoms with Crippen LogP contribution in [0, 0.1) is 37.1 Å². The zero-order chi connectivity index (χ0) is 54.1. The number of hydrogen-bond acceptors (Lipinski definition) is 12. The van der Waals surface area contributed by atoms with E-state index >= 15 is 0 Å². The van der Waals surface area contributed by atoms with Crippen molar-refractivity contribution < 1.29 is 45.2 Å². The van der Waals surface area contributed by atoms with Crippen LogP contribution in [0.2, 0.25) is 0 Å². The van der Waals surface area contributed by atoms with Crippen molar-refractivity contribution >= 4 is 62.7 Å². The van der Waals surface area contributed by atoms with Crippen LogP contribution in [0.3, 0.4) is 0 Å². The van der Waals surface area contributed by atoms with Gasteiger partial charge >= 0.3 is 12.1 Å².